The summed E-state index contributed by atoms with van der Waals surface area (Å²) < 4.78 is 17.5. The zero-order valence-corrected chi connectivity index (χ0v) is 6.20. The standard InChI is InChI=1S/C6H10BFO3/c7-5-3(10)6(1-8)2(9)4(6)11-5/h2-5,9-10H,1,7H2/t2?,3-,4+,5+,6+/m0/s1. The third-order valence-electron chi connectivity index (χ3n) is 2.85. The summed E-state index contributed by atoms with van der Waals surface area (Å²) in [7, 11) is 1.68. The van der Waals surface area contributed by atoms with Gasteiger partial charge in [0.2, 0.25) is 0 Å². The van der Waals surface area contributed by atoms with Crippen molar-refractivity contribution in [2.75, 3.05) is 6.67 Å². The van der Waals surface area contributed by atoms with E-state index >= 15 is 0 Å². The molecular formula is C6H10BFO3. The molecule has 1 saturated carbocycles. The second kappa shape index (κ2) is 1.97. The molecule has 1 saturated heterocycles. The molecule has 5 heteroatoms. The van der Waals surface area contributed by atoms with Gasteiger partial charge in [-0.15, -0.1) is 0 Å². The first kappa shape index (κ1) is 7.52. The van der Waals surface area contributed by atoms with E-state index in [0.717, 1.165) is 0 Å². The number of hydrogen-bond acceptors (Lipinski definition) is 3. The smallest absolute Gasteiger partial charge is 0.142 e. The minimum Gasteiger partial charge on any atom is -0.390 e. The first-order chi connectivity index (χ1) is 5.14. The molecule has 11 heavy (non-hydrogen) atoms. The van der Waals surface area contributed by atoms with Crippen molar-refractivity contribution in [2.45, 2.75) is 24.3 Å². The first-order valence-electron chi connectivity index (χ1n) is 3.72. The van der Waals surface area contributed by atoms with Crippen molar-refractivity contribution in [3.8, 4) is 0 Å². The Labute approximate surface area is 64.6 Å². The lowest BCUT2D eigenvalue weighted by Crippen LogP contribution is -2.35. The molecule has 1 unspecified atom stereocenters. The minimum absolute atomic E-state index is 0.348. The van der Waals surface area contributed by atoms with Crippen molar-refractivity contribution < 1.29 is 19.3 Å². The molecule has 62 valence electrons. The van der Waals surface area contributed by atoms with Crippen LogP contribution >= 0.6 is 0 Å². The number of aliphatic hydroxyl groups is 2. The number of halogens is 1. The van der Waals surface area contributed by atoms with Gasteiger partial charge in [0.15, 0.2) is 0 Å². The van der Waals surface area contributed by atoms with Gasteiger partial charge in [0.25, 0.3) is 0 Å². The Morgan fingerprint density at radius 1 is 1.45 bits per heavy atom. The molecule has 1 aliphatic heterocycles. The van der Waals surface area contributed by atoms with Crippen molar-refractivity contribution in [3.05, 3.63) is 0 Å². The van der Waals surface area contributed by atoms with Crippen molar-refractivity contribution in [2.24, 2.45) is 5.41 Å². The van der Waals surface area contributed by atoms with E-state index in [2.05, 4.69) is 0 Å². The third kappa shape index (κ3) is 0.642. The van der Waals surface area contributed by atoms with Gasteiger partial charge >= 0.3 is 0 Å². The predicted octanol–water partition coefficient (Wildman–Crippen LogP) is -1.96. The van der Waals surface area contributed by atoms with Crippen LogP contribution in [0.15, 0.2) is 0 Å². The molecule has 0 spiro atoms. The second-order valence-electron chi connectivity index (χ2n) is 3.40. The van der Waals surface area contributed by atoms with E-state index < -0.39 is 30.4 Å². The molecule has 5 atom stereocenters. The van der Waals surface area contributed by atoms with Crippen LogP contribution in [0.5, 0.6) is 0 Å². The van der Waals surface area contributed by atoms with Crippen molar-refractivity contribution >= 4 is 7.85 Å². The van der Waals surface area contributed by atoms with Crippen LogP contribution in [0.25, 0.3) is 0 Å². The summed E-state index contributed by atoms with van der Waals surface area (Å²) in [6.07, 6.45) is -2.14. The van der Waals surface area contributed by atoms with Crippen molar-refractivity contribution in [1.29, 1.82) is 0 Å². The summed E-state index contributed by atoms with van der Waals surface area (Å²) in [6.45, 7) is -0.704. The van der Waals surface area contributed by atoms with E-state index in [9.17, 15) is 9.50 Å². The third-order valence-corrected chi connectivity index (χ3v) is 2.85. The van der Waals surface area contributed by atoms with Crippen LogP contribution in [0.2, 0.25) is 0 Å². The summed E-state index contributed by atoms with van der Waals surface area (Å²) in [5.74, 6) is 0. The van der Waals surface area contributed by atoms with Gasteiger partial charge in [-0.3, -0.25) is 4.39 Å². The molecule has 0 radical (unpaired) electrons. The number of ether oxygens (including phenoxy) is 1. The monoisotopic (exact) mass is 160 g/mol. The lowest BCUT2D eigenvalue weighted by atomic mass is 9.86. The Hall–Kier alpha value is -0.125. The van der Waals surface area contributed by atoms with Crippen LogP contribution in [-0.2, 0) is 4.74 Å². The van der Waals surface area contributed by atoms with Crippen LogP contribution in [0.4, 0.5) is 4.39 Å². The average molecular weight is 160 g/mol. The molecular weight excluding hydrogens is 150 g/mol. The summed E-state index contributed by atoms with van der Waals surface area (Å²) >= 11 is 0. The van der Waals surface area contributed by atoms with Crippen LogP contribution in [0, 0.1) is 5.41 Å². The van der Waals surface area contributed by atoms with Crippen molar-refractivity contribution in [3.63, 3.8) is 0 Å². The van der Waals surface area contributed by atoms with Crippen LogP contribution in [-0.4, -0.2) is 49.0 Å². The molecule has 0 aromatic carbocycles. The fraction of sp³-hybridized carbons (Fsp3) is 1.00. The van der Waals surface area contributed by atoms with E-state index in [-0.39, 0.29) is 6.00 Å². The maximum absolute atomic E-state index is 12.4. The van der Waals surface area contributed by atoms with E-state index in [1.54, 1.807) is 7.85 Å². The maximum Gasteiger partial charge on any atom is 0.142 e. The Balaban J connectivity index is 2.20. The molecule has 0 aromatic heterocycles. The topological polar surface area (TPSA) is 49.7 Å². The SMILES string of the molecule is B[C@@H]1O[C@@H]2C(O)[C@]2(CF)[C@H]1O. The van der Waals surface area contributed by atoms with Gasteiger partial charge in [-0.1, -0.05) is 0 Å². The summed E-state index contributed by atoms with van der Waals surface area (Å²) in [5, 5.41) is 18.6. The minimum atomic E-state index is -0.987. The fourth-order valence-corrected chi connectivity index (χ4v) is 1.92. The molecule has 0 aromatic rings. The predicted molar refractivity (Wildman–Crippen MR) is 37.6 cm³/mol. The van der Waals surface area contributed by atoms with E-state index in [4.69, 9.17) is 9.84 Å². The highest BCUT2D eigenvalue weighted by Crippen LogP contribution is 2.57. The van der Waals surface area contributed by atoms with Crippen molar-refractivity contribution in [1.82, 2.24) is 0 Å². The number of aliphatic hydroxyl groups excluding tert-OH is 2. The Morgan fingerprint density at radius 3 is 2.45 bits per heavy atom. The van der Waals surface area contributed by atoms with E-state index in [0.29, 0.717) is 0 Å². The van der Waals surface area contributed by atoms with Crippen LogP contribution in [0.1, 0.15) is 0 Å². The van der Waals surface area contributed by atoms with Gasteiger partial charge < -0.3 is 14.9 Å². The molecule has 2 aliphatic rings. The molecule has 1 heterocycles. The molecule has 3 nitrogen and oxygen atoms in total. The second-order valence-corrected chi connectivity index (χ2v) is 3.40. The highest BCUT2D eigenvalue weighted by atomic mass is 19.1. The van der Waals surface area contributed by atoms with Crippen LogP contribution < -0.4 is 0 Å². The number of alkyl halides is 1. The highest BCUT2D eigenvalue weighted by molar-refractivity contribution is 6.11. The van der Waals surface area contributed by atoms with Gasteiger partial charge in [-0.25, -0.2) is 0 Å². The van der Waals surface area contributed by atoms with Crippen LogP contribution in [0.3, 0.4) is 0 Å². The quantitative estimate of drug-likeness (QED) is 0.437. The Morgan fingerprint density at radius 2 is 2.09 bits per heavy atom. The molecule has 2 fully saturated rings. The zero-order chi connectivity index (χ0) is 8.22. The largest absolute Gasteiger partial charge is 0.390 e. The van der Waals surface area contributed by atoms with E-state index in [1.165, 1.54) is 0 Å². The number of fused-ring (bicyclic) bond motifs is 1. The van der Waals surface area contributed by atoms with Gasteiger partial charge in [0.1, 0.15) is 14.5 Å². The molecule has 2 rings (SSSR count). The molecule has 0 bridgehead atoms. The summed E-state index contributed by atoms with van der Waals surface area (Å²) in [6, 6.07) is -0.348. The summed E-state index contributed by atoms with van der Waals surface area (Å²) in [4.78, 5) is 0. The maximum atomic E-state index is 12.4. The van der Waals surface area contributed by atoms with Gasteiger partial charge in [-0.2, -0.15) is 0 Å². The lowest BCUT2D eigenvalue weighted by Gasteiger charge is -2.18. The lowest BCUT2D eigenvalue weighted by molar-refractivity contribution is -0.00716. The molecule has 1 aliphatic carbocycles. The highest BCUT2D eigenvalue weighted by Gasteiger charge is 2.75. The zero-order valence-electron chi connectivity index (χ0n) is 6.20. The Bertz CT molecular complexity index is 191. The van der Waals surface area contributed by atoms with Gasteiger partial charge in [0.05, 0.1) is 29.7 Å². The first-order valence-corrected chi connectivity index (χ1v) is 3.72. The molecule has 0 amide bonds. The normalized spacial score (nSPS) is 61.0. The summed E-state index contributed by atoms with van der Waals surface area (Å²) in [5.41, 5.74) is -0.987. The Kier molecular flexibility index (Phi) is 1.35. The molecule has 2 N–H and O–H groups in total. The van der Waals surface area contributed by atoms with Gasteiger partial charge in [0, 0.05) is 0 Å². The van der Waals surface area contributed by atoms with E-state index in [1.807, 2.05) is 0 Å². The number of rotatable bonds is 1. The van der Waals surface area contributed by atoms with Gasteiger partial charge in [-0.05, 0) is 0 Å². The fourth-order valence-electron chi connectivity index (χ4n) is 1.92. The number of hydrogen-bond donors (Lipinski definition) is 2. The average Bonchev–Trinajstić information content (AvgIpc) is 2.45.